The van der Waals surface area contributed by atoms with Gasteiger partial charge in [0.05, 0.1) is 0 Å². The number of urea groups is 2. The van der Waals surface area contributed by atoms with Crippen molar-refractivity contribution in [2.24, 2.45) is 5.11 Å². The molecule has 0 radical (unpaired) electrons. The molecule has 0 aromatic carbocycles. The standard InChI is InChI=1S/C6H11N5O2/c7-10-5(12)8-1-3-11-4-2-9-6(11)13/h7H,1-4H2,(H,8,12)(H,9,13). The third-order valence-electron chi connectivity index (χ3n) is 1.70. The number of hydrogen-bond acceptors (Lipinski definition) is 3. The Morgan fingerprint density at radius 1 is 1.77 bits per heavy atom. The zero-order valence-electron chi connectivity index (χ0n) is 7.04. The number of carbonyl (C=O) groups excluding carboxylic acids is 2. The summed E-state index contributed by atoms with van der Waals surface area (Å²) >= 11 is 0. The first-order valence-electron chi connectivity index (χ1n) is 3.92. The maximum atomic E-state index is 11.0. The van der Waals surface area contributed by atoms with Gasteiger partial charge in [-0.2, -0.15) is 5.53 Å². The fraction of sp³-hybridized carbons (Fsp3) is 0.667. The molecule has 1 fully saturated rings. The van der Waals surface area contributed by atoms with Gasteiger partial charge in [0.2, 0.25) is 0 Å². The summed E-state index contributed by atoms with van der Waals surface area (Å²) in [6.07, 6.45) is 0. The first-order chi connectivity index (χ1) is 6.24. The fourth-order valence-electron chi connectivity index (χ4n) is 1.06. The normalized spacial score (nSPS) is 15.4. The van der Waals surface area contributed by atoms with Crippen molar-refractivity contribution in [3.05, 3.63) is 0 Å². The van der Waals surface area contributed by atoms with Crippen LogP contribution in [0.1, 0.15) is 0 Å². The van der Waals surface area contributed by atoms with Crippen LogP contribution in [0.3, 0.4) is 0 Å². The van der Waals surface area contributed by atoms with E-state index in [0.29, 0.717) is 26.2 Å². The Morgan fingerprint density at radius 3 is 3.08 bits per heavy atom. The molecule has 0 saturated carbocycles. The lowest BCUT2D eigenvalue weighted by Crippen LogP contribution is -2.35. The summed E-state index contributed by atoms with van der Waals surface area (Å²) in [5, 5.41) is 7.65. The van der Waals surface area contributed by atoms with E-state index in [1.807, 2.05) is 0 Å². The highest BCUT2D eigenvalue weighted by Crippen LogP contribution is 1.94. The predicted octanol–water partition coefficient (Wildman–Crippen LogP) is -0.248. The van der Waals surface area contributed by atoms with Crippen LogP contribution >= 0.6 is 0 Å². The van der Waals surface area contributed by atoms with E-state index in [9.17, 15) is 9.59 Å². The summed E-state index contributed by atoms with van der Waals surface area (Å²) in [5.74, 6) is 0. The molecule has 13 heavy (non-hydrogen) atoms. The molecule has 0 bridgehead atoms. The Labute approximate surface area is 75.0 Å². The zero-order chi connectivity index (χ0) is 9.68. The van der Waals surface area contributed by atoms with Crippen molar-refractivity contribution < 1.29 is 9.59 Å². The molecule has 1 saturated heterocycles. The highest BCUT2D eigenvalue weighted by atomic mass is 16.2. The molecule has 7 heteroatoms. The third-order valence-corrected chi connectivity index (χ3v) is 1.70. The van der Waals surface area contributed by atoms with Crippen LogP contribution in [-0.2, 0) is 0 Å². The molecular formula is C6H11N5O2. The van der Waals surface area contributed by atoms with Gasteiger partial charge in [0.25, 0.3) is 0 Å². The molecule has 0 aliphatic carbocycles. The number of nitrogens with one attached hydrogen (secondary N) is 3. The maximum absolute atomic E-state index is 11.0. The number of rotatable bonds is 3. The van der Waals surface area contributed by atoms with Gasteiger partial charge >= 0.3 is 12.1 Å². The average molecular weight is 185 g/mol. The second-order valence-corrected chi connectivity index (χ2v) is 2.56. The minimum atomic E-state index is -0.681. The molecule has 0 unspecified atom stereocenters. The molecule has 4 amide bonds. The van der Waals surface area contributed by atoms with Crippen molar-refractivity contribution in [2.75, 3.05) is 26.2 Å². The Kier molecular flexibility index (Phi) is 3.18. The molecule has 3 N–H and O–H groups in total. The maximum Gasteiger partial charge on any atom is 0.359 e. The zero-order valence-corrected chi connectivity index (χ0v) is 7.04. The van der Waals surface area contributed by atoms with Crippen LogP contribution in [0.5, 0.6) is 0 Å². The quantitative estimate of drug-likeness (QED) is 0.528. The van der Waals surface area contributed by atoms with Crippen molar-refractivity contribution in [3.8, 4) is 0 Å². The number of carbonyl (C=O) groups is 2. The van der Waals surface area contributed by atoms with Gasteiger partial charge in [0.15, 0.2) is 0 Å². The van der Waals surface area contributed by atoms with Gasteiger partial charge in [0, 0.05) is 26.2 Å². The highest BCUT2D eigenvalue weighted by Gasteiger charge is 2.18. The van der Waals surface area contributed by atoms with Gasteiger partial charge in [-0.1, -0.05) is 5.11 Å². The number of nitrogens with zero attached hydrogens (tertiary/aromatic N) is 2. The van der Waals surface area contributed by atoms with Crippen LogP contribution in [0.25, 0.3) is 0 Å². The Balaban J connectivity index is 2.15. The van der Waals surface area contributed by atoms with E-state index in [-0.39, 0.29) is 6.03 Å². The molecular weight excluding hydrogens is 174 g/mol. The van der Waals surface area contributed by atoms with Crippen LogP contribution in [-0.4, -0.2) is 43.1 Å². The van der Waals surface area contributed by atoms with Crippen LogP contribution < -0.4 is 10.6 Å². The summed E-state index contributed by atoms with van der Waals surface area (Å²) in [7, 11) is 0. The molecule has 0 atom stereocenters. The number of hydrogen-bond donors (Lipinski definition) is 3. The molecule has 1 aliphatic heterocycles. The first-order valence-corrected chi connectivity index (χ1v) is 3.92. The van der Waals surface area contributed by atoms with E-state index >= 15 is 0 Å². The van der Waals surface area contributed by atoms with Gasteiger partial charge in [-0.3, -0.25) is 0 Å². The van der Waals surface area contributed by atoms with Crippen molar-refractivity contribution in [1.29, 1.82) is 5.53 Å². The van der Waals surface area contributed by atoms with E-state index in [2.05, 4.69) is 15.7 Å². The summed E-state index contributed by atoms with van der Waals surface area (Å²) in [4.78, 5) is 23.0. The lowest BCUT2D eigenvalue weighted by atomic mass is 10.5. The highest BCUT2D eigenvalue weighted by molar-refractivity contribution is 5.76. The summed E-state index contributed by atoms with van der Waals surface area (Å²) < 4.78 is 0. The van der Waals surface area contributed by atoms with Crippen LogP contribution in [0, 0.1) is 5.53 Å². The van der Waals surface area contributed by atoms with E-state index in [1.54, 1.807) is 4.90 Å². The fourth-order valence-corrected chi connectivity index (χ4v) is 1.06. The summed E-state index contributed by atoms with van der Waals surface area (Å²) in [6, 6.07) is -0.795. The van der Waals surface area contributed by atoms with Crippen molar-refractivity contribution in [1.82, 2.24) is 15.5 Å². The minimum Gasteiger partial charge on any atom is -0.336 e. The van der Waals surface area contributed by atoms with Gasteiger partial charge in [-0.25, -0.2) is 9.59 Å². The van der Waals surface area contributed by atoms with Crippen molar-refractivity contribution in [3.63, 3.8) is 0 Å². The predicted molar refractivity (Wildman–Crippen MR) is 43.5 cm³/mol. The Bertz CT molecular complexity index is 229. The second-order valence-electron chi connectivity index (χ2n) is 2.56. The topological polar surface area (TPSA) is 97.7 Å². The van der Waals surface area contributed by atoms with E-state index < -0.39 is 6.03 Å². The molecule has 1 aliphatic rings. The smallest absolute Gasteiger partial charge is 0.336 e. The number of amides is 4. The largest absolute Gasteiger partial charge is 0.359 e. The van der Waals surface area contributed by atoms with Gasteiger partial charge in [-0.05, 0) is 0 Å². The first kappa shape index (κ1) is 9.43. The van der Waals surface area contributed by atoms with Crippen LogP contribution in [0.4, 0.5) is 9.59 Å². The Hall–Kier alpha value is -1.66. The minimum absolute atomic E-state index is 0.114. The molecule has 0 spiro atoms. The lowest BCUT2D eigenvalue weighted by Gasteiger charge is -2.12. The third kappa shape index (κ3) is 2.69. The second kappa shape index (κ2) is 4.39. The molecule has 7 nitrogen and oxygen atoms in total. The Morgan fingerprint density at radius 2 is 2.54 bits per heavy atom. The van der Waals surface area contributed by atoms with E-state index in [0.717, 1.165) is 0 Å². The average Bonchev–Trinajstić information content (AvgIpc) is 2.52. The monoisotopic (exact) mass is 185 g/mol. The molecule has 0 aromatic heterocycles. The molecule has 1 heterocycles. The van der Waals surface area contributed by atoms with Crippen LogP contribution in [0.2, 0.25) is 0 Å². The van der Waals surface area contributed by atoms with Gasteiger partial charge in [0.1, 0.15) is 0 Å². The molecule has 1 rings (SSSR count). The van der Waals surface area contributed by atoms with E-state index in [4.69, 9.17) is 5.53 Å². The van der Waals surface area contributed by atoms with Gasteiger partial charge in [-0.15, -0.1) is 0 Å². The van der Waals surface area contributed by atoms with Crippen molar-refractivity contribution >= 4 is 12.1 Å². The SMILES string of the molecule is N=NC(=O)NCCN1CCNC1=O. The van der Waals surface area contributed by atoms with E-state index in [1.165, 1.54) is 0 Å². The van der Waals surface area contributed by atoms with Gasteiger partial charge < -0.3 is 15.5 Å². The molecule has 0 aromatic rings. The summed E-state index contributed by atoms with van der Waals surface area (Å²) in [6.45, 7) is 2.09. The van der Waals surface area contributed by atoms with Crippen molar-refractivity contribution in [2.45, 2.75) is 0 Å². The molecule has 72 valence electrons. The lowest BCUT2D eigenvalue weighted by molar-refractivity contribution is 0.216. The van der Waals surface area contributed by atoms with Crippen LogP contribution in [0.15, 0.2) is 5.11 Å². The summed E-state index contributed by atoms with van der Waals surface area (Å²) in [5.41, 5.74) is 6.36.